The van der Waals surface area contributed by atoms with Gasteiger partial charge in [-0.2, -0.15) is 10.2 Å². The molecule has 3 heterocycles. The summed E-state index contributed by atoms with van der Waals surface area (Å²) in [6, 6.07) is 1.88. The van der Waals surface area contributed by atoms with E-state index < -0.39 is 0 Å². The van der Waals surface area contributed by atoms with Crippen LogP contribution in [0.15, 0.2) is 6.07 Å². The van der Waals surface area contributed by atoms with Gasteiger partial charge in [-0.3, -0.25) is 15.0 Å². The van der Waals surface area contributed by atoms with Crippen LogP contribution < -0.4 is 0 Å². The third-order valence-corrected chi connectivity index (χ3v) is 4.83. The molecule has 130 valence electrons. The van der Waals surface area contributed by atoms with Crippen LogP contribution in [0.3, 0.4) is 0 Å². The van der Waals surface area contributed by atoms with E-state index in [4.69, 9.17) is 12.2 Å². The van der Waals surface area contributed by atoms with Crippen LogP contribution >= 0.6 is 12.2 Å². The lowest BCUT2D eigenvalue weighted by Crippen LogP contribution is -2.39. The second-order valence-corrected chi connectivity index (χ2v) is 7.30. The second kappa shape index (κ2) is 6.88. The van der Waals surface area contributed by atoms with Gasteiger partial charge in [-0.1, -0.05) is 13.8 Å². The van der Waals surface area contributed by atoms with Crippen molar-refractivity contribution in [2.45, 2.75) is 39.0 Å². The number of aromatic amines is 2. The van der Waals surface area contributed by atoms with Gasteiger partial charge in [0.05, 0.1) is 0 Å². The van der Waals surface area contributed by atoms with Gasteiger partial charge in [-0.05, 0) is 43.5 Å². The maximum absolute atomic E-state index is 12.8. The van der Waals surface area contributed by atoms with Crippen LogP contribution in [0.4, 0.5) is 0 Å². The molecule has 0 saturated carbocycles. The first-order valence-electron chi connectivity index (χ1n) is 8.40. The van der Waals surface area contributed by atoms with E-state index in [0.717, 1.165) is 37.3 Å². The zero-order valence-corrected chi connectivity index (χ0v) is 15.2. The molecule has 1 aliphatic rings. The molecule has 1 amide bonds. The standard InChI is InChI=1S/C16H24N6OS/c1-10(2)7-12-8-13(18-17-12)15(23)22-6-4-5-11(9-22)14-19-20-16(24)21(14)3/h8,10-11H,4-7,9H2,1-3H3,(H,17,18)(H,20,24). The van der Waals surface area contributed by atoms with Crippen LogP contribution in [0.25, 0.3) is 0 Å². The summed E-state index contributed by atoms with van der Waals surface area (Å²) < 4.78 is 2.50. The lowest BCUT2D eigenvalue weighted by Gasteiger charge is -2.31. The number of hydrogen-bond donors (Lipinski definition) is 2. The van der Waals surface area contributed by atoms with Crippen LogP contribution in [-0.4, -0.2) is 48.9 Å². The number of H-pyrrole nitrogens is 2. The molecule has 2 aromatic heterocycles. The number of amides is 1. The molecule has 8 heteroatoms. The minimum Gasteiger partial charge on any atom is -0.337 e. The lowest BCUT2D eigenvalue weighted by atomic mass is 9.97. The minimum absolute atomic E-state index is 0.0114. The van der Waals surface area contributed by atoms with Crippen molar-refractivity contribution in [1.29, 1.82) is 0 Å². The molecular weight excluding hydrogens is 324 g/mol. The summed E-state index contributed by atoms with van der Waals surface area (Å²) in [5.74, 6) is 1.64. The number of carbonyl (C=O) groups excluding carboxylic acids is 1. The van der Waals surface area contributed by atoms with Crippen molar-refractivity contribution in [2.24, 2.45) is 13.0 Å². The molecule has 0 spiro atoms. The Morgan fingerprint density at radius 2 is 2.21 bits per heavy atom. The van der Waals surface area contributed by atoms with Gasteiger partial charge < -0.3 is 9.47 Å². The molecule has 1 saturated heterocycles. The van der Waals surface area contributed by atoms with Crippen LogP contribution in [0.2, 0.25) is 0 Å². The normalized spacial score (nSPS) is 18.3. The number of piperidine rings is 1. The Balaban J connectivity index is 1.72. The quantitative estimate of drug-likeness (QED) is 0.831. The molecule has 1 fully saturated rings. The summed E-state index contributed by atoms with van der Waals surface area (Å²) in [5, 5.41) is 14.3. The number of rotatable bonds is 4. The van der Waals surface area contributed by atoms with E-state index in [1.54, 1.807) is 0 Å². The smallest absolute Gasteiger partial charge is 0.274 e. The highest BCUT2D eigenvalue weighted by Gasteiger charge is 2.29. The molecule has 1 unspecified atom stereocenters. The Labute approximate surface area is 146 Å². The number of hydrogen-bond acceptors (Lipinski definition) is 4. The molecule has 0 radical (unpaired) electrons. The average molecular weight is 348 g/mol. The average Bonchev–Trinajstić information content (AvgIpc) is 3.14. The van der Waals surface area contributed by atoms with Crippen molar-refractivity contribution in [1.82, 2.24) is 29.9 Å². The highest BCUT2D eigenvalue weighted by molar-refractivity contribution is 7.71. The van der Waals surface area contributed by atoms with E-state index in [2.05, 4.69) is 34.2 Å². The van der Waals surface area contributed by atoms with Gasteiger partial charge >= 0.3 is 0 Å². The fourth-order valence-corrected chi connectivity index (χ4v) is 3.41. The topological polar surface area (TPSA) is 82.6 Å². The van der Waals surface area contributed by atoms with E-state index in [1.165, 1.54) is 0 Å². The second-order valence-electron chi connectivity index (χ2n) is 6.91. The monoisotopic (exact) mass is 348 g/mol. The van der Waals surface area contributed by atoms with Crippen molar-refractivity contribution < 1.29 is 4.79 Å². The molecule has 0 bridgehead atoms. The van der Waals surface area contributed by atoms with Crippen LogP contribution in [-0.2, 0) is 13.5 Å². The summed E-state index contributed by atoms with van der Waals surface area (Å²) >= 11 is 5.19. The van der Waals surface area contributed by atoms with Gasteiger partial charge in [0.25, 0.3) is 5.91 Å². The van der Waals surface area contributed by atoms with E-state index >= 15 is 0 Å². The predicted molar refractivity (Wildman–Crippen MR) is 93.4 cm³/mol. The molecule has 3 rings (SSSR count). The fourth-order valence-electron chi connectivity index (χ4n) is 3.27. The van der Waals surface area contributed by atoms with E-state index in [0.29, 0.717) is 22.9 Å². The van der Waals surface area contributed by atoms with Crippen molar-refractivity contribution in [3.63, 3.8) is 0 Å². The Morgan fingerprint density at radius 3 is 2.88 bits per heavy atom. The largest absolute Gasteiger partial charge is 0.337 e. The summed E-state index contributed by atoms with van der Waals surface area (Å²) in [4.78, 5) is 14.6. The molecule has 0 aromatic carbocycles. The van der Waals surface area contributed by atoms with E-state index in [-0.39, 0.29) is 11.8 Å². The Kier molecular flexibility index (Phi) is 4.84. The summed E-state index contributed by atoms with van der Waals surface area (Å²) in [6.45, 7) is 5.71. The molecule has 2 aromatic rings. The number of carbonyl (C=O) groups is 1. The number of likely N-dealkylation sites (tertiary alicyclic amines) is 1. The van der Waals surface area contributed by atoms with E-state index in [1.807, 2.05) is 22.6 Å². The van der Waals surface area contributed by atoms with Crippen molar-refractivity contribution in [3.05, 3.63) is 28.0 Å². The van der Waals surface area contributed by atoms with E-state index in [9.17, 15) is 4.79 Å². The Bertz CT molecular complexity index is 774. The third kappa shape index (κ3) is 3.43. The molecular formula is C16H24N6OS. The first kappa shape index (κ1) is 16.9. The highest BCUT2D eigenvalue weighted by Crippen LogP contribution is 2.26. The number of nitrogens with one attached hydrogen (secondary N) is 2. The molecule has 7 nitrogen and oxygen atoms in total. The van der Waals surface area contributed by atoms with Gasteiger partial charge in [0.2, 0.25) is 0 Å². The van der Waals surface area contributed by atoms with Crippen LogP contribution in [0.1, 0.15) is 54.6 Å². The van der Waals surface area contributed by atoms with Gasteiger partial charge in [-0.25, -0.2) is 0 Å². The van der Waals surface area contributed by atoms with Crippen LogP contribution in [0.5, 0.6) is 0 Å². The first-order chi connectivity index (χ1) is 11.5. The number of nitrogens with zero attached hydrogens (tertiary/aromatic N) is 4. The molecule has 2 N–H and O–H groups in total. The fraction of sp³-hybridized carbons (Fsp3) is 0.625. The summed E-state index contributed by atoms with van der Waals surface area (Å²) in [5.41, 5.74) is 1.51. The van der Waals surface area contributed by atoms with Gasteiger partial charge in [0.1, 0.15) is 11.5 Å². The Morgan fingerprint density at radius 1 is 1.42 bits per heavy atom. The Hall–Kier alpha value is -1.96. The lowest BCUT2D eigenvalue weighted by molar-refractivity contribution is 0.0697. The molecule has 1 atom stereocenters. The minimum atomic E-state index is -0.0114. The predicted octanol–water partition coefficient (Wildman–Crippen LogP) is 2.42. The van der Waals surface area contributed by atoms with Gasteiger partial charge in [0.15, 0.2) is 4.77 Å². The SMILES string of the molecule is CC(C)Cc1cc(C(=O)N2CCCC(c3n[nH]c(=S)n3C)C2)n[nH]1. The number of aromatic nitrogens is 5. The van der Waals surface area contributed by atoms with Crippen molar-refractivity contribution in [2.75, 3.05) is 13.1 Å². The summed E-state index contributed by atoms with van der Waals surface area (Å²) in [7, 11) is 1.91. The van der Waals surface area contributed by atoms with Crippen LogP contribution in [0, 0.1) is 10.7 Å². The zero-order valence-electron chi connectivity index (χ0n) is 14.4. The first-order valence-corrected chi connectivity index (χ1v) is 8.81. The molecule has 0 aliphatic carbocycles. The molecule has 24 heavy (non-hydrogen) atoms. The third-order valence-electron chi connectivity index (χ3n) is 4.47. The highest BCUT2D eigenvalue weighted by atomic mass is 32.1. The molecule has 1 aliphatic heterocycles. The maximum Gasteiger partial charge on any atom is 0.274 e. The maximum atomic E-state index is 12.8. The van der Waals surface area contributed by atoms with Gasteiger partial charge in [0, 0.05) is 31.7 Å². The zero-order chi connectivity index (χ0) is 17.3. The van der Waals surface area contributed by atoms with Crippen molar-refractivity contribution >= 4 is 18.1 Å². The van der Waals surface area contributed by atoms with Gasteiger partial charge in [-0.15, -0.1) is 0 Å². The summed E-state index contributed by atoms with van der Waals surface area (Å²) in [6.07, 6.45) is 2.86. The van der Waals surface area contributed by atoms with Crippen molar-refractivity contribution in [3.8, 4) is 0 Å².